The molecule has 0 unspecified atom stereocenters. The molecule has 1 aromatic carbocycles. The highest BCUT2D eigenvalue weighted by Crippen LogP contribution is 2.37. The molecule has 0 aromatic heterocycles. The van der Waals surface area contributed by atoms with E-state index in [0.29, 0.717) is 19.6 Å². The molecule has 1 aliphatic heterocycles. The lowest BCUT2D eigenvalue weighted by atomic mass is 9.88. The Morgan fingerprint density at radius 1 is 1.30 bits per heavy atom. The van der Waals surface area contributed by atoms with Gasteiger partial charge in [-0.3, -0.25) is 10.1 Å². The fourth-order valence-electron chi connectivity index (χ4n) is 2.68. The van der Waals surface area contributed by atoms with Crippen LogP contribution in [0, 0.1) is 5.41 Å². The first-order chi connectivity index (χ1) is 10.8. The molecule has 2 N–H and O–H groups in total. The van der Waals surface area contributed by atoms with Crippen LogP contribution in [-0.2, 0) is 4.79 Å². The van der Waals surface area contributed by atoms with Gasteiger partial charge in [0.15, 0.2) is 11.5 Å². The summed E-state index contributed by atoms with van der Waals surface area (Å²) < 4.78 is 11.3. The van der Waals surface area contributed by atoms with Crippen molar-refractivity contribution < 1.29 is 19.4 Å². The van der Waals surface area contributed by atoms with E-state index in [1.807, 2.05) is 25.1 Å². The average molecular weight is 321 g/mol. The molecule has 5 nitrogen and oxygen atoms in total. The second-order valence-electron chi connectivity index (χ2n) is 7.25. The Bertz CT molecular complexity index is 550. The smallest absolute Gasteiger partial charge is 0.320 e. The number of nitrogens with one attached hydrogen (secondary N) is 1. The van der Waals surface area contributed by atoms with E-state index < -0.39 is 12.0 Å². The van der Waals surface area contributed by atoms with Gasteiger partial charge in [-0.1, -0.05) is 32.9 Å². The summed E-state index contributed by atoms with van der Waals surface area (Å²) in [6.45, 7) is 9.38. The van der Waals surface area contributed by atoms with E-state index in [4.69, 9.17) is 9.47 Å². The zero-order valence-electron chi connectivity index (χ0n) is 14.4. The van der Waals surface area contributed by atoms with Crippen LogP contribution in [0.2, 0.25) is 0 Å². The van der Waals surface area contributed by atoms with Gasteiger partial charge in [0.25, 0.3) is 0 Å². The fraction of sp³-hybridized carbons (Fsp3) is 0.611. The summed E-state index contributed by atoms with van der Waals surface area (Å²) >= 11 is 0. The maximum atomic E-state index is 11.6. The van der Waals surface area contributed by atoms with Crippen LogP contribution in [0.3, 0.4) is 0 Å². The van der Waals surface area contributed by atoms with Gasteiger partial charge in [-0.25, -0.2) is 0 Å². The van der Waals surface area contributed by atoms with Crippen molar-refractivity contribution in [3.05, 3.63) is 23.8 Å². The number of rotatable bonds is 6. The predicted octanol–water partition coefficient (Wildman–Crippen LogP) is 3.39. The minimum atomic E-state index is -0.817. The molecule has 0 bridgehead atoms. The van der Waals surface area contributed by atoms with Gasteiger partial charge >= 0.3 is 5.97 Å². The number of carbonyl (C=O) groups is 1. The lowest BCUT2D eigenvalue weighted by Gasteiger charge is -2.27. The maximum absolute atomic E-state index is 11.6. The molecule has 0 spiro atoms. The van der Waals surface area contributed by atoms with E-state index >= 15 is 0 Å². The zero-order valence-corrected chi connectivity index (χ0v) is 14.4. The molecule has 0 saturated heterocycles. The predicted molar refractivity (Wildman–Crippen MR) is 89.1 cm³/mol. The van der Waals surface area contributed by atoms with Crippen molar-refractivity contribution in [1.82, 2.24) is 5.32 Å². The Balaban J connectivity index is 2.10. The topological polar surface area (TPSA) is 67.8 Å². The molecular formula is C18H27NO4. The van der Waals surface area contributed by atoms with Crippen LogP contribution in [0.1, 0.15) is 52.1 Å². The van der Waals surface area contributed by atoms with Crippen molar-refractivity contribution in [2.75, 3.05) is 13.2 Å². The number of carboxylic acids is 1. The standard InChI is InChI=1S/C18H27NO4/c1-12(19-14(17(20)21)8-9-18(2,3)4)13-6-5-7-15-16(13)23-11-10-22-15/h5-7,12,14,19H,8-11H2,1-4H3,(H,20,21)/t12-,14-/m0/s1. The minimum absolute atomic E-state index is 0.113. The van der Waals surface area contributed by atoms with Gasteiger partial charge in [-0.15, -0.1) is 0 Å². The van der Waals surface area contributed by atoms with E-state index in [9.17, 15) is 9.90 Å². The average Bonchev–Trinajstić information content (AvgIpc) is 2.49. The fourth-order valence-corrected chi connectivity index (χ4v) is 2.68. The van der Waals surface area contributed by atoms with Crippen LogP contribution >= 0.6 is 0 Å². The molecule has 0 amide bonds. The van der Waals surface area contributed by atoms with Crippen LogP contribution < -0.4 is 14.8 Å². The summed E-state index contributed by atoms with van der Waals surface area (Å²) in [5.41, 5.74) is 1.05. The lowest BCUT2D eigenvalue weighted by molar-refractivity contribution is -0.140. The molecule has 5 heteroatoms. The molecule has 128 valence electrons. The lowest BCUT2D eigenvalue weighted by Crippen LogP contribution is -2.39. The number of aliphatic carboxylic acids is 1. The summed E-state index contributed by atoms with van der Waals surface area (Å²) in [6, 6.07) is 5.02. The Labute approximate surface area is 138 Å². The third kappa shape index (κ3) is 4.86. The zero-order chi connectivity index (χ0) is 17.0. The summed E-state index contributed by atoms with van der Waals surface area (Å²) in [5.74, 6) is 0.630. The number of benzene rings is 1. The van der Waals surface area contributed by atoms with E-state index in [2.05, 4.69) is 26.1 Å². The van der Waals surface area contributed by atoms with Gasteiger partial charge in [0.2, 0.25) is 0 Å². The highest BCUT2D eigenvalue weighted by molar-refractivity contribution is 5.73. The van der Waals surface area contributed by atoms with Gasteiger partial charge < -0.3 is 14.6 Å². The number of para-hydroxylation sites is 1. The molecule has 1 aliphatic rings. The Morgan fingerprint density at radius 3 is 2.65 bits per heavy atom. The van der Waals surface area contributed by atoms with E-state index in [0.717, 1.165) is 23.5 Å². The molecule has 0 aliphatic carbocycles. The summed E-state index contributed by atoms with van der Waals surface area (Å²) in [6.07, 6.45) is 1.44. The van der Waals surface area contributed by atoms with Crippen molar-refractivity contribution in [3.63, 3.8) is 0 Å². The van der Waals surface area contributed by atoms with Gasteiger partial charge in [0, 0.05) is 11.6 Å². The van der Waals surface area contributed by atoms with Crippen LogP contribution in [0.15, 0.2) is 18.2 Å². The highest BCUT2D eigenvalue weighted by atomic mass is 16.6. The van der Waals surface area contributed by atoms with Crippen LogP contribution in [0.25, 0.3) is 0 Å². The third-order valence-corrected chi connectivity index (χ3v) is 4.00. The second kappa shape index (κ2) is 7.21. The monoisotopic (exact) mass is 321 g/mol. The molecule has 2 atom stereocenters. The normalized spacial score (nSPS) is 16.7. The minimum Gasteiger partial charge on any atom is -0.486 e. The molecule has 1 aromatic rings. The third-order valence-electron chi connectivity index (χ3n) is 4.00. The van der Waals surface area contributed by atoms with Crippen molar-refractivity contribution in [3.8, 4) is 11.5 Å². The van der Waals surface area contributed by atoms with Crippen molar-refractivity contribution >= 4 is 5.97 Å². The maximum Gasteiger partial charge on any atom is 0.320 e. The summed E-state index contributed by atoms with van der Waals surface area (Å²) in [4.78, 5) is 11.6. The highest BCUT2D eigenvalue weighted by Gasteiger charge is 2.25. The second-order valence-corrected chi connectivity index (χ2v) is 7.25. The SMILES string of the molecule is C[C@H](N[C@@H](CCC(C)(C)C)C(=O)O)c1cccc2c1OCCO2. The summed E-state index contributed by atoms with van der Waals surface area (Å²) in [7, 11) is 0. The number of hydrogen-bond acceptors (Lipinski definition) is 4. The van der Waals surface area contributed by atoms with Crippen molar-refractivity contribution in [1.29, 1.82) is 0 Å². The molecule has 2 rings (SSSR count). The molecule has 23 heavy (non-hydrogen) atoms. The first-order valence-corrected chi connectivity index (χ1v) is 8.15. The van der Waals surface area contributed by atoms with Gasteiger partial charge in [-0.2, -0.15) is 0 Å². The molecule has 0 radical (unpaired) electrons. The molecule has 1 heterocycles. The molecule has 0 saturated carbocycles. The Kier molecular flexibility index (Phi) is 5.52. The van der Waals surface area contributed by atoms with Crippen LogP contribution in [-0.4, -0.2) is 30.3 Å². The van der Waals surface area contributed by atoms with Gasteiger partial charge in [0.05, 0.1) is 0 Å². The quantitative estimate of drug-likeness (QED) is 0.840. The van der Waals surface area contributed by atoms with Crippen LogP contribution in [0.4, 0.5) is 0 Å². The van der Waals surface area contributed by atoms with Crippen LogP contribution in [0.5, 0.6) is 11.5 Å². The molecular weight excluding hydrogens is 294 g/mol. The largest absolute Gasteiger partial charge is 0.486 e. The Morgan fingerprint density at radius 2 is 2.00 bits per heavy atom. The van der Waals surface area contributed by atoms with Gasteiger partial charge in [0.1, 0.15) is 19.3 Å². The van der Waals surface area contributed by atoms with Gasteiger partial charge in [-0.05, 0) is 31.2 Å². The molecule has 0 fully saturated rings. The van der Waals surface area contributed by atoms with Crippen molar-refractivity contribution in [2.24, 2.45) is 5.41 Å². The van der Waals surface area contributed by atoms with E-state index in [1.54, 1.807) is 0 Å². The van der Waals surface area contributed by atoms with Crippen molar-refractivity contribution in [2.45, 2.75) is 52.6 Å². The van der Waals surface area contributed by atoms with E-state index in [-0.39, 0.29) is 11.5 Å². The number of fused-ring (bicyclic) bond motifs is 1. The Hall–Kier alpha value is -1.75. The first-order valence-electron chi connectivity index (χ1n) is 8.15. The first kappa shape index (κ1) is 17.6. The number of ether oxygens (including phenoxy) is 2. The summed E-state index contributed by atoms with van der Waals surface area (Å²) in [5, 5.41) is 12.7. The van der Waals surface area contributed by atoms with E-state index in [1.165, 1.54) is 0 Å². The number of hydrogen-bond donors (Lipinski definition) is 2. The number of carboxylic acid groups (broad SMARTS) is 1.